The standard InChI is InChI=1S/C23H35NO/c1-18(2)24(17-19-9-7-6-8-10-19)16-15-22(25)20-11-13-21(14-12-20)23(3,4)5/h6-13,18,21-22,25H,14-17H2,1-5H3. The number of hydrogen-bond donors (Lipinski definition) is 1. The molecule has 1 N–H and O–H groups in total. The highest BCUT2D eigenvalue weighted by Gasteiger charge is 2.24. The van der Waals surface area contributed by atoms with Gasteiger partial charge in [0.15, 0.2) is 0 Å². The van der Waals surface area contributed by atoms with E-state index in [1.54, 1.807) is 0 Å². The highest BCUT2D eigenvalue weighted by atomic mass is 16.3. The first-order valence-electron chi connectivity index (χ1n) is 9.61. The lowest BCUT2D eigenvalue weighted by atomic mass is 9.76. The number of hydrogen-bond acceptors (Lipinski definition) is 2. The van der Waals surface area contributed by atoms with Crippen LogP contribution in [-0.2, 0) is 6.54 Å². The van der Waals surface area contributed by atoms with E-state index in [0.29, 0.717) is 12.0 Å². The summed E-state index contributed by atoms with van der Waals surface area (Å²) < 4.78 is 0. The molecule has 0 radical (unpaired) electrons. The normalized spacial score (nSPS) is 19.4. The molecule has 1 aliphatic carbocycles. The largest absolute Gasteiger partial charge is 0.388 e. The first-order valence-corrected chi connectivity index (χ1v) is 9.61. The Kier molecular flexibility index (Phi) is 7.04. The quantitative estimate of drug-likeness (QED) is 0.737. The predicted octanol–water partition coefficient (Wildman–Crippen LogP) is 5.20. The first kappa shape index (κ1) is 19.9. The molecule has 0 spiro atoms. The van der Waals surface area contributed by atoms with E-state index in [-0.39, 0.29) is 11.5 Å². The molecule has 2 heteroatoms. The molecule has 1 aromatic rings. The zero-order valence-corrected chi connectivity index (χ0v) is 16.6. The molecule has 0 amide bonds. The van der Waals surface area contributed by atoms with Gasteiger partial charge < -0.3 is 5.11 Å². The molecule has 25 heavy (non-hydrogen) atoms. The minimum Gasteiger partial charge on any atom is -0.388 e. The van der Waals surface area contributed by atoms with Gasteiger partial charge in [-0.25, -0.2) is 0 Å². The predicted molar refractivity (Wildman–Crippen MR) is 107 cm³/mol. The third-order valence-corrected chi connectivity index (χ3v) is 5.27. The molecule has 1 aromatic carbocycles. The van der Waals surface area contributed by atoms with Gasteiger partial charge in [0.2, 0.25) is 0 Å². The molecule has 2 atom stereocenters. The van der Waals surface area contributed by atoms with Crippen molar-refractivity contribution >= 4 is 0 Å². The summed E-state index contributed by atoms with van der Waals surface area (Å²) in [4.78, 5) is 2.43. The molecular weight excluding hydrogens is 306 g/mol. The van der Waals surface area contributed by atoms with Crippen molar-refractivity contribution in [3.8, 4) is 0 Å². The van der Waals surface area contributed by atoms with Crippen LogP contribution in [0.25, 0.3) is 0 Å². The van der Waals surface area contributed by atoms with Crippen molar-refractivity contribution in [2.75, 3.05) is 6.54 Å². The van der Waals surface area contributed by atoms with Crippen LogP contribution in [0.1, 0.15) is 53.0 Å². The van der Waals surface area contributed by atoms with E-state index < -0.39 is 0 Å². The van der Waals surface area contributed by atoms with E-state index in [0.717, 1.165) is 31.5 Å². The third-order valence-electron chi connectivity index (χ3n) is 5.27. The van der Waals surface area contributed by atoms with Gasteiger partial charge in [-0.2, -0.15) is 0 Å². The highest BCUT2D eigenvalue weighted by molar-refractivity contribution is 5.28. The Labute approximate surface area is 154 Å². The zero-order valence-electron chi connectivity index (χ0n) is 16.6. The van der Waals surface area contributed by atoms with Gasteiger partial charge in [-0.1, -0.05) is 69.3 Å². The smallest absolute Gasteiger partial charge is 0.0799 e. The number of rotatable bonds is 7. The molecular formula is C23H35NO. The molecule has 0 aliphatic heterocycles. The van der Waals surface area contributed by atoms with Crippen LogP contribution in [0.4, 0.5) is 0 Å². The van der Waals surface area contributed by atoms with Crippen LogP contribution in [0.2, 0.25) is 0 Å². The number of aliphatic hydroxyl groups is 1. The van der Waals surface area contributed by atoms with Crippen molar-refractivity contribution < 1.29 is 5.11 Å². The molecule has 1 aliphatic rings. The number of allylic oxidation sites excluding steroid dienone is 2. The van der Waals surface area contributed by atoms with Gasteiger partial charge in [-0.05, 0) is 49.2 Å². The molecule has 2 unspecified atom stereocenters. The summed E-state index contributed by atoms with van der Waals surface area (Å²) in [6.07, 6.45) is 8.10. The lowest BCUT2D eigenvalue weighted by Gasteiger charge is -2.31. The van der Waals surface area contributed by atoms with Crippen LogP contribution in [0.15, 0.2) is 54.1 Å². The summed E-state index contributed by atoms with van der Waals surface area (Å²) in [5.41, 5.74) is 2.70. The lowest BCUT2D eigenvalue weighted by Crippen LogP contribution is -2.33. The maximum Gasteiger partial charge on any atom is 0.0799 e. The van der Waals surface area contributed by atoms with Crippen molar-refractivity contribution in [1.82, 2.24) is 4.90 Å². The maximum atomic E-state index is 10.6. The lowest BCUT2D eigenvalue weighted by molar-refractivity contribution is 0.149. The van der Waals surface area contributed by atoms with Gasteiger partial charge >= 0.3 is 0 Å². The number of nitrogens with zero attached hydrogens (tertiary/aromatic N) is 1. The van der Waals surface area contributed by atoms with Crippen LogP contribution in [-0.4, -0.2) is 28.7 Å². The van der Waals surface area contributed by atoms with Crippen LogP contribution in [0.3, 0.4) is 0 Å². The van der Waals surface area contributed by atoms with Gasteiger partial charge in [0.1, 0.15) is 0 Å². The summed E-state index contributed by atoms with van der Waals surface area (Å²) in [5.74, 6) is 0.564. The average molecular weight is 342 g/mol. The van der Waals surface area contributed by atoms with Gasteiger partial charge in [0.25, 0.3) is 0 Å². The van der Waals surface area contributed by atoms with Crippen LogP contribution in [0.5, 0.6) is 0 Å². The van der Waals surface area contributed by atoms with E-state index >= 15 is 0 Å². The SMILES string of the molecule is CC(C)N(CCC(O)C1=CCC(C(C)(C)C)C=C1)Cc1ccccc1. The first-order chi connectivity index (χ1) is 11.8. The second-order valence-electron chi connectivity index (χ2n) is 8.63. The van der Waals surface area contributed by atoms with Crippen molar-refractivity contribution in [3.63, 3.8) is 0 Å². The van der Waals surface area contributed by atoms with Crippen LogP contribution in [0, 0.1) is 11.3 Å². The molecule has 0 saturated carbocycles. The van der Waals surface area contributed by atoms with Crippen molar-refractivity contribution in [2.24, 2.45) is 11.3 Å². The summed E-state index contributed by atoms with van der Waals surface area (Å²) in [6, 6.07) is 11.0. The monoisotopic (exact) mass is 341 g/mol. The van der Waals surface area contributed by atoms with Gasteiger partial charge in [-0.3, -0.25) is 4.90 Å². The van der Waals surface area contributed by atoms with Crippen LogP contribution < -0.4 is 0 Å². The average Bonchev–Trinajstić information content (AvgIpc) is 2.58. The second kappa shape index (κ2) is 8.82. The second-order valence-corrected chi connectivity index (χ2v) is 8.63. The third kappa shape index (κ3) is 6.13. The summed E-state index contributed by atoms with van der Waals surface area (Å²) in [5, 5.41) is 10.6. The van der Waals surface area contributed by atoms with Gasteiger partial charge in [0.05, 0.1) is 6.10 Å². The van der Waals surface area contributed by atoms with Crippen molar-refractivity contribution in [1.29, 1.82) is 0 Å². The van der Waals surface area contributed by atoms with E-state index in [4.69, 9.17) is 0 Å². The molecule has 0 fully saturated rings. The molecule has 0 aromatic heterocycles. The van der Waals surface area contributed by atoms with Gasteiger partial charge in [0, 0.05) is 19.1 Å². The fourth-order valence-corrected chi connectivity index (χ4v) is 3.32. The van der Waals surface area contributed by atoms with E-state index in [1.165, 1.54) is 5.56 Å². The Balaban J connectivity index is 1.88. The fourth-order valence-electron chi connectivity index (χ4n) is 3.32. The van der Waals surface area contributed by atoms with Crippen molar-refractivity contribution in [2.45, 2.75) is 66.2 Å². The summed E-state index contributed by atoms with van der Waals surface area (Å²) in [7, 11) is 0. The molecule has 2 nitrogen and oxygen atoms in total. The Morgan fingerprint density at radius 2 is 1.84 bits per heavy atom. The highest BCUT2D eigenvalue weighted by Crippen LogP contribution is 2.34. The summed E-state index contributed by atoms with van der Waals surface area (Å²) in [6.45, 7) is 13.1. The maximum absolute atomic E-state index is 10.6. The van der Waals surface area contributed by atoms with E-state index in [2.05, 4.69) is 88.1 Å². The van der Waals surface area contributed by atoms with Crippen molar-refractivity contribution in [3.05, 3.63) is 59.7 Å². The van der Waals surface area contributed by atoms with Crippen LogP contribution >= 0.6 is 0 Å². The Hall–Kier alpha value is -1.38. The number of aliphatic hydroxyl groups excluding tert-OH is 1. The molecule has 0 saturated heterocycles. The number of benzene rings is 1. The zero-order chi connectivity index (χ0) is 18.4. The Morgan fingerprint density at radius 1 is 1.16 bits per heavy atom. The molecule has 0 bridgehead atoms. The topological polar surface area (TPSA) is 23.5 Å². The molecule has 2 rings (SSSR count). The van der Waals surface area contributed by atoms with E-state index in [9.17, 15) is 5.11 Å². The fraction of sp³-hybridized carbons (Fsp3) is 0.565. The Morgan fingerprint density at radius 3 is 2.36 bits per heavy atom. The summed E-state index contributed by atoms with van der Waals surface area (Å²) >= 11 is 0. The molecule has 138 valence electrons. The van der Waals surface area contributed by atoms with E-state index in [1.807, 2.05) is 0 Å². The Bertz CT molecular complexity index is 580. The minimum atomic E-state index is -0.366. The minimum absolute atomic E-state index is 0.285. The van der Waals surface area contributed by atoms with Gasteiger partial charge in [-0.15, -0.1) is 0 Å². The molecule has 0 heterocycles.